The fraction of sp³-hybridized carbons (Fsp3) is 0.429. The van der Waals surface area contributed by atoms with Gasteiger partial charge in [-0.1, -0.05) is 6.07 Å². The molecule has 0 radical (unpaired) electrons. The summed E-state index contributed by atoms with van der Waals surface area (Å²) in [5.41, 5.74) is 2.35. The number of aryl methyl sites for hydroxylation is 2. The summed E-state index contributed by atoms with van der Waals surface area (Å²) >= 11 is 0. The molecule has 0 N–H and O–H groups in total. The van der Waals surface area contributed by atoms with Gasteiger partial charge in [0.15, 0.2) is 0 Å². The molecule has 2 aromatic rings. The predicted octanol–water partition coefficient (Wildman–Crippen LogP) is 2.27. The first-order chi connectivity index (χ1) is 14.3. The maximum Gasteiger partial charge on any atom is 0.243 e. The van der Waals surface area contributed by atoms with Crippen LogP contribution in [0.4, 0.5) is 0 Å². The number of methoxy groups -OCH3 is 1. The Kier molecular flexibility index (Phi) is 5.89. The maximum atomic E-state index is 13.1. The van der Waals surface area contributed by atoms with Gasteiger partial charge < -0.3 is 4.74 Å². The van der Waals surface area contributed by atoms with Crippen LogP contribution in [-0.2, 0) is 32.9 Å². The Morgan fingerprint density at radius 3 is 1.77 bits per heavy atom. The van der Waals surface area contributed by atoms with E-state index in [-0.39, 0.29) is 31.1 Å². The van der Waals surface area contributed by atoms with Crippen molar-refractivity contribution in [2.24, 2.45) is 0 Å². The van der Waals surface area contributed by atoms with E-state index >= 15 is 0 Å². The molecule has 0 atom stereocenters. The predicted molar refractivity (Wildman–Crippen MR) is 114 cm³/mol. The second-order valence-corrected chi connectivity index (χ2v) is 11.5. The van der Waals surface area contributed by atoms with E-state index in [0.29, 0.717) is 10.6 Å². The monoisotopic (exact) mass is 450 g/mol. The smallest absolute Gasteiger partial charge is 0.243 e. The fourth-order valence-electron chi connectivity index (χ4n) is 4.07. The molecule has 1 saturated heterocycles. The molecule has 0 unspecified atom stereocenters. The lowest BCUT2D eigenvalue weighted by Gasteiger charge is -2.33. The summed E-state index contributed by atoms with van der Waals surface area (Å²) in [5, 5.41) is 0. The molecule has 0 saturated carbocycles. The van der Waals surface area contributed by atoms with E-state index in [1.165, 1.54) is 33.4 Å². The first kappa shape index (κ1) is 21.3. The summed E-state index contributed by atoms with van der Waals surface area (Å²) in [5.74, 6) is 0.579. The first-order valence-corrected chi connectivity index (χ1v) is 13.0. The first-order valence-electron chi connectivity index (χ1n) is 10.1. The Balaban J connectivity index is 1.48. The Bertz CT molecular complexity index is 1120. The molecule has 2 aliphatic rings. The van der Waals surface area contributed by atoms with Crippen molar-refractivity contribution in [3.8, 4) is 5.75 Å². The summed E-state index contributed by atoms with van der Waals surface area (Å²) in [6.07, 6.45) is 4.13. The van der Waals surface area contributed by atoms with Crippen molar-refractivity contribution in [3.63, 3.8) is 0 Å². The van der Waals surface area contributed by atoms with Gasteiger partial charge in [0.1, 0.15) is 5.75 Å². The highest BCUT2D eigenvalue weighted by atomic mass is 32.2. The van der Waals surface area contributed by atoms with Gasteiger partial charge in [-0.3, -0.25) is 0 Å². The molecule has 1 fully saturated rings. The van der Waals surface area contributed by atoms with Crippen LogP contribution in [0.5, 0.6) is 5.75 Å². The van der Waals surface area contributed by atoms with Crippen LogP contribution in [0, 0.1) is 0 Å². The number of fused-ring (bicyclic) bond motifs is 1. The van der Waals surface area contributed by atoms with E-state index in [4.69, 9.17) is 4.74 Å². The number of sulfonamides is 2. The van der Waals surface area contributed by atoms with Crippen LogP contribution < -0.4 is 4.74 Å². The zero-order chi connectivity index (χ0) is 21.4. The minimum atomic E-state index is -3.68. The fourth-order valence-corrected chi connectivity index (χ4v) is 6.96. The molecule has 4 rings (SSSR count). The van der Waals surface area contributed by atoms with Crippen molar-refractivity contribution < 1.29 is 21.6 Å². The van der Waals surface area contributed by atoms with Crippen molar-refractivity contribution in [1.82, 2.24) is 8.61 Å². The van der Waals surface area contributed by atoms with Crippen LogP contribution in [-0.4, -0.2) is 58.7 Å². The largest absolute Gasteiger partial charge is 0.497 e. The molecule has 2 aromatic carbocycles. The molecular formula is C21H26N2O5S2. The number of piperazine rings is 1. The molecule has 0 aromatic heterocycles. The van der Waals surface area contributed by atoms with Crippen LogP contribution in [0.2, 0.25) is 0 Å². The zero-order valence-corrected chi connectivity index (χ0v) is 18.6. The summed E-state index contributed by atoms with van der Waals surface area (Å²) < 4.78 is 59.8. The Morgan fingerprint density at radius 2 is 1.20 bits per heavy atom. The molecule has 0 bridgehead atoms. The maximum absolute atomic E-state index is 13.1. The van der Waals surface area contributed by atoms with E-state index in [1.807, 2.05) is 6.07 Å². The quantitative estimate of drug-likeness (QED) is 0.698. The summed E-state index contributed by atoms with van der Waals surface area (Å²) in [7, 11) is -5.80. The van der Waals surface area contributed by atoms with Gasteiger partial charge in [0, 0.05) is 26.2 Å². The minimum absolute atomic E-state index is 0.124. The molecular weight excluding hydrogens is 424 g/mol. The number of hydrogen-bond acceptors (Lipinski definition) is 5. The molecule has 0 spiro atoms. The number of benzene rings is 2. The highest BCUT2D eigenvalue weighted by Crippen LogP contribution is 2.27. The van der Waals surface area contributed by atoms with Gasteiger partial charge in [0.2, 0.25) is 20.0 Å². The highest BCUT2D eigenvalue weighted by molar-refractivity contribution is 7.89. The van der Waals surface area contributed by atoms with Crippen molar-refractivity contribution >= 4 is 20.0 Å². The average molecular weight is 451 g/mol. The molecule has 1 heterocycles. The normalized spacial score (nSPS) is 18.7. The molecule has 9 heteroatoms. The van der Waals surface area contributed by atoms with E-state index in [9.17, 15) is 16.8 Å². The molecule has 1 aliphatic heterocycles. The summed E-state index contributed by atoms with van der Waals surface area (Å²) in [6.45, 7) is 0.515. The lowest BCUT2D eigenvalue weighted by Crippen LogP contribution is -2.50. The van der Waals surface area contributed by atoms with Gasteiger partial charge in [-0.05, 0) is 73.2 Å². The van der Waals surface area contributed by atoms with Gasteiger partial charge in [-0.25, -0.2) is 16.8 Å². The van der Waals surface area contributed by atoms with Gasteiger partial charge >= 0.3 is 0 Å². The average Bonchev–Trinajstić information content (AvgIpc) is 2.78. The number of nitrogens with zero attached hydrogens (tertiary/aromatic N) is 2. The topological polar surface area (TPSA) is 84.0 Å². The van der Waals surface area contributed by atoms with Crippen LogP contribution in [0.15, 0.2) is 52.3 Å². The van der Waals surface area contributed by atoms with E-state index in [0.717, 1.165) is 31.2 Å². The van der Waals surface area contributed by atoms with Crippen LogP contribution in [0.3, 0.4) is 0 Å². The second-order valence-electron chi connectivity index (χ2n) is 7.62. The Hall–Kier alpha value is -1.94. The number of ether oxygens (including phenoxy) is 1. The van der Waals surface area contributed by atoms with E-state index in [2.05, 4.69) is 0 Å². The van der Waals surface area contributed by atoms with Gasteiger partial charge in [0.05, 0.1) is 16.9 Å². The lowest BCUT2D eigenvalue weighted by atomic mass is 9.92. The number of rotatable bonds is 5. The molecule has 162 valence electrons. The van der Waals surface area contributed by atoms with Gasteiger partial charge in [-0.15, -0.1) is 0 Å². The third-order valence-electron chi connectivity index (χ3n) is 5.85. The van der Waals surface area contributed by atoms with Crippen LogP contribution in [0.25, 0.3) is 0 Å². The van der Waals surface area contributed by atoms with Crippen molar-refractivity contribution in [3.05, 3.63) is 53.6 Å². The lowest BCUT2D eigenvalue weighted by molar-refractivity contribution is 0.273. The number of hydrogen-bond donors (Lipinski definition) is 0. The molecule has 1 aliphatic carbocycles. The summed E-state index contributed by atoms with van der Waals surface area (Å²) in [4.78, 5) is 0.476. The summed E-state index contributed by atoms with van der Waals surface area (Å²) in [6, 6.07) is 11.6. The SMILES string of the molecule is COc1ccc(S(=O)(=O)N2CCN(S(=O)(=O)c3ccc4c(c3)CCCC4)CC2)cc1. The third-order valence-corrected chi connectivity index (χ3v) is 9.66. The molecule has 0 amide bonds. The van der Waals surface area contributed by atoms with E-state index < -0.39 is 20.0 Å². The van der Waals surface area contributed by atoms with Crippen LogP contribution in [0.1, 0.15) is 24.0 Å². The minimum Gasteiger partial charge on any atom is -0.497 e. The van der Waals surface area contributed by atoms with Crippen molar-refractivity contribution in [2.45, 2.75) is 35.5 Å². The molecule has 7 nitrogen and oxygen atoms in total. The van der Waals surface area contributed by atoms with Crippen LogP contribution >= 0.6 is 0 Å². The van der Waals surface area contributed by atoms with Gasteiger partial charge in [-0.2, -0.15) is 8.61 Å². The van der Waals surface area contributed by atoms with Gasteiger partial charge in [0.25, 0.3) is 0 Å². The highest BCUT2D eigenvalue weighted by Gasteiger charge is 2.34. The Morgan fingerprint density at radius 1 is 0.700 bits per heavy atom. The second kappa shape index (κ2) is 8.30. The third kappa shape index (κ3) is 3.99. The van der Waals surface area contributed by atoms with Crippen molar-refractivity contribution in [1.29, 1.82) is 0 Å². The standard InChI is InChI=1S/C21H26N2O5S2/c1-28-19-7-10-20(11-8-19)29(24,25)22-12-14-23(15-13-22)30(26,27)21-9-6-17-4-2-3-5-18(17)16-21/h6-11,16H,2-5,12-15H2,1H3. The van der Waals surface area contributed by atoms with E-state index in [1.54, 1.807) is 24.3 Å². The molecule has 30 heavy (non-hydrogen) atoms. The Labute approximate surface area is 178 Å². The van der Waals surface area contributed by atoms with Crippen molar-refractivity contribution in [2.75, 3.05) is 33.3 Å². The zero-order valence-electron chi connectivity index (χ0n) is 17.0.